The van der Waals surface area contributed by atoms with Crippen LogP contribution >= 0.6 is 0 Å². The quantitative estimate of drug-likeness (QED) is 0.569. The first-order chi connectivity index (χ1) is 8.23. The van der Waals surface area contributed by atoms with Crippen LogP contribution in [0.5, 0.6) is 0 Å². The fraction of sp³-hybridized carbons (Fsp3) is 0.467. The summed E-state index contributed by atoms with van der Waals surface area (Å²) in [5.41, 5.74) is 1.00. The summed E-state index contributed by atoms with van der Waals surface area (Å²) in [5.74, 6) is 1.11. The lowest BCUT2D eigenvalue weighted by molar-refractivity contribution is -0.936. The van der Waals surface area contributed by atoms with Crippen LogP contribution < -0.4 is 24.0 Å². The Bertz CT molecular complexity index is 447. The van der Waals surface area contributed by atoms with Crippen molar-refractivity contribution in [2.24, 2.45) is 0 Å². The summed E-state index contributed by atoms with van der Waals surface area (Å²) in [4.78, 5) is 0. The first-order valence-corrected chi connectivity index (χ1v) is 6.55. The lowest BCUT2D eigenvalue weighted by Gasteiger charge is -2.34. The summed E-state index contributed by atoms with van der Waals surface area (Å²) in [7, 11) is 0. The van der Waals surface area contributed by atoms with Gasteiger partial charge in [0.05, 0.1) is 19.6 Å². The van der Waals surface area contributed by atoms with Crippen molar-refractivity contribution in [2.75, 3.05) is 19.6 Å². The molecule has 1 heterocycles. The van der Waals surface area contributed by atoms with Gasteiger partial charge in [-0.3, -0.25) is 0 Å². The van der Waals surface area contributed by atoms with Gasteiger partial charge in [-0.1, -0.05) is 18.2 Å². The predicted octanol–water partition coefficient (Wildman–Crippen LogP) is 0.813. The number of nitrogens with zero attached hydrogens (tertiary/aromatic N) is 1. The Morgan fingerprint density at radius 3 is 2.17 bits per heavy atom. The number of fused-ring (bicyclic) bond motifs is 1. The molecular weight excluding hydrogens is 337 g/mol. The molecule has 2 aromatic rings. The second-order valence-electron chi connectivity index (χ2n) is 4.70. The van der Waals surface area contributed by atoms with E-state index in [1.807, 2.05) is 12.1 Å². The SMILES string of the molecule is CC[N+](CC)(CC)Cc1cc2ccccc2o1.[I-]. The van der Waals surface area contributed by atoms with Gasteiger partial charge in [0.15, 0.2) is 5.76 Å². The molecule has 0 aliphatic heterocycles. The summed E-state index contributed by atoms with van der Waals surface area (Å²) in [6.07, 6.45) is 0. The van der Waals surface area contributed by atoms with Gasteiger partial charge in [0.2, 0.25) is 0 Å². The van der Waals surface area contributed by atoms with E-state index in [0.717, 1.165) is 42.0 Å². The number of quaternary nitrogens is 1. The van der Waals surface area contributed by atoms with E-state index in [1.165, 1.54) is 5.39 Å². The van der Waals surface area contributed by atoms with E-state index in [2.05, 4.69) is 39.0 Å². The molecule has 0 unspecified atom stereocenters. The van der Waals surface area contributed by atoms with Crippen molar-refractivity contribution < 1.29 is 32.9 Å². The van der Waals surface area contributed by atoms with Gasteiger partial charge in [0.25, 0.3) is 0 Å². The molecule has 0 saturated carbocycles. The lowest BCUT2D eigenvalue weighted by Crippen LogP contribution is -3.00. The third-order valence-electron chi connectivity index (χ3n) is 3.98. The maximum absolute atomic E-state index is 5.91. The summed E-state index contributed by atoms with van der Waals surface area (Å²) in [6, 6.07) is 10.4. The van der Waals surface area contributed by atoms with E-state index in [4.69, 9.17) is 4.42 Å². The van der Waals surface area contributed by atoms with Crippen molar-refractivity contribution in [3.63, 3.8) is 0 Å². The Hall–Kier alpha value is -0.550. The van der Waals surface area contributed by atoms with Crippen molar-refractivity contribution in [3.8, 4) is 0 Å². The first-order valence-electron chi connectivity index (χ1n) is 6.55. The van der Waals surface area contributed by atoms with Gasteiger partial charge in [-0.05, 0) is 32.9 Å². The summed E-state index contributed by atoms with van der Waals surface area (Å²) < 4.78 is 7.01. The third kappa shape index (κ3) is 3.06. The van der Waals surface area contributed by atoms with Gasteiger partial charge >= 0.3 is 0 Å². The Balaban J connectivity index is 0.00000162. The van der Waals surface area contributed by atoms with Crippen molar-refractivity contribution in [1.82, 2.24) is 0 Å². The number of hydrogen-bond donors (Lipinski definition) is 0. The fourth-order valence-corrected chi connectivity index (χ4v) is 2.45. The van der Waals surface area contributed by atoms with Crippen LogP contribution in [0.2, 0.25) is 0 Å². The molecule has 0 atom stereocenters. The highest BCUT2D eigenvalue weighted by molar-refractivity contribution is 5.77. The van der Waals surface area contributed by atoms with Gasteiger partial charge < -0.3 is 32.9 Å². The van der Waals surface area contributed by atoms with Crippen molar-refractivity contribution in [2.45, 2.75) is 27.3 Å². The number of halogens is 1. The van der Waals surface area contributed by atoms with Gasteiger partial charge in [-0.2, -0.15) is 0 Å². The largest absolute Gasteiger partial charge is 1.00 e. The standard InChI is InChI=1S/C15H22NO.HI/c1-4-16(5-2,6-3)12-14-11-13-9-7-8-10-15(13)17-14;/h7-11H,4-6,12H2,1-3H3;1H/q+1;/p-1. The topological polar surface area (TPSA) is 13.1 Å². The second-order valence-corrected chi connectivity index (χ2v) is 4.70. The molecule has 0 bridgehead atoms. The molecule has 2 nitrogen and oxygen atoms in total. The molecule has 0 aliphatic rings. The minimum absolute atomic E-state index is 0. The highest BCUT2D eigenvalue weighted by Gasteiger charge is 2.23. The molecule has 0 amide bonds. The van der Waals surface area contributed by atoms with E-state index < -0.39 is 0 Å². The van der Waals surface area contributed by atoms with Gasteiger partial charge in [0.1, 0.15) is 12.1 Å². The van der Waals surface area contributed by atoms with Crippen LogP contribution in [0.3, 0.4) is 0 Å². The molecule has 1 aromatic heterocycles. The van der Waals surface area contributed by atoms with E-state index in [0.29, 0.717) is 0 Å². The van der Waals surface area contributed by atoms with Crippen molar-refractivity contribution in [1.29, 1.82) is 0 Å². The van der Waals surface area contributed by atoms with E-state index in [-0.39, 0.29) is 24.0 Å². The Kier molecular flexibility index (Phi) is 5.66. The maximum Gasteiger partial charge on any atom is 0.159 e. The Morgan fingerprint density at radius 2 is 1.61 bits per heavy atom. The minimum Gasteiger partial charge on any atom is -1.00 e. The summed E-state index contributed by atoms with van der Waals surface area (Å²) >= 11 is 0. The average Bonchev–Trinajstić information content (AvgIpc) is 2.78. The maximum atomic E-state index is 5.91. The number of benzene rings is 1. The van der Waals surface area contributed by atoms with Crippen LogP contribution in [0, 0.1) is 0 Å². The third-order valence-corrected chi connectivity index (χ3v) is 3.98. The van der Waals surface area contributed by atoms with Gasteiger partial charge in [-0.15, -0.1) is 0 Å². The van der Waals surface area contributed by atoms with Crippen LogP contribution in [-0.2, 0) is 6.54 Å². The van der Waals surface area contributed by atoms with Gasteiger partial charge in [-0.25, -0.2) is 0 Å². The number of para-hydroxylation sites is 1. The molecule has 0 fully saturated rings. The van der Waals surface area contributed by atoms with E-state index in [9.17, 15) is 0 Å². The first kappa shape index (κ1) is 15.5. The fourth-order valence-electron chi connectivity index (χ4n) is 2.45. The zero-order chi connectivity index (χ0) is 12.3. The monoisotopic (exact) mass is 359 g/mol. The number of furan rings is 1. The Morgan fingerprint density at radius 1 is 1.00 bits per heavy atom. The molecule has 100 valence electrons. The zero-order valence-corrected chi connectivity index (χ0v) is 13.6. The second kappa shape index (κ2) is 6.57. The van der Waals surface area contributed by atoms with E-state index >= 15 is 0 Å². The molecule has 0 saturated heterocycles. The zero-order valence-electron chi connectivity index (χ0n) is 11.4. The van der Waals surface area contributed by atoms with Crippen molar-refractivity contribution >= 4 is 11.0 Å². The molecule has 0 spiro atoms. The molecular formula is C15H22INO. The molecule has 0 N–H and O–H groups in total. The molecule has 2 rings (SSSR count). The van der Waals surface area contributed by atoms with Gasteiger partial charge in [0, 0.05) is 5.39 Å². The average molecular weight is 359 g/mol. The van der Waals surface area contributed by atoms with Crippen LogP contribution in [0.4, 0.5) is 0 Å². The lowest BCUT2D eigenvalue weighted by atomic mass is 10.2. The number of hydrogen-bond acceptors (Lipinski definition) is 1. The minimum atomic E-state index is 0. The summed E-state index contributed by atoms with van der Waals surface area (Å²) in [5, 5.41) is 1.21. The molecule has 3 heteroatoms. The number of rotatable bonds is 5. The molecule has 1 aromatic carbocycles. The van der Waals surface area contributed by atoms with Crippen LogP contribution in [0.15, 0.2) is 34.7 Å². The predicted molar refractivity (Wildman–Crippen MR) is 71.8 cm³/mol. The smallest absolute Gasteiger partial charge is 0.159 e. The summed E-state index contributed by atoms with van der Waals surface area (Å²) in [6.45, 7) is 11.2. The molecule has 0 radical (unpaired) electrons. The Labute approximate surface area is 127 Å². The van der Waals surface area contributed by atoms with E-state index in [1.54, 1.807) is 0 Å². The van der Waals surface area contributed by atoms with Crippen LogP contribution in [0.25, 0.3) is 11.0 Å². The normalized spacial score (nSPS) is 11.5. The highest BCUT2D eigenvalue weighted by Crippen LogP contribution is 2.22. The molecule has 18 heavy (non-hydrogen) atoms. The van der Waals surface area contributed by atoms with Crippen molar-refractivity contribution in [3.05, 3.63) is 36.1 Å². The molecule has 0 aliphatic carbocycles. The highest BCUT2D eigenvalue weighted by atomic mass is 127. The van der Waals surface area contributed by atoms with Crippen LogP contribution in [-0.4, -0.2) is 24.1 Å². The van der Waals surface area contributed by atoms with Crippen LogP contribution in [0.1, 0.15) is 26.5 Å².